The zero-order valence-electron chi connectivity index (χ0n) is 12.7. The molecule has 1 rings (SSSR count). The topological polar surface area (TPSA) is 26.3 Å². The second kappa shape index (κ2) is 7.98. The zero-order chi connectivity index (χ0) is 14.3. The van der Waals surface area contributed by atoms with Crippen LogP contribution in [0.25, 0.3) is 0 Å². The first-order valence-corrected chi connectivity index (χ1v) is 7.39. The first kappa shape index (κ1) is 15.7. The van der Waals surface area contributed by atoms with Gasteiger partial charge in [-0.15, -0.1) is 0 Å². The van der Waals surface area contributed by atoms with Crippen LogP contribution in [0.15, 0.2) is 18.2 Å². The second-order valence-corrected chi connectivity index (χ2v) is 5.12. The van der Waals surface area contributed by atoms with Gasteiger partial charge in [-0.3, -0.25) is 4.79 Å². The van der Waals surface area contributed by atoms with Crippen LogP contribution in [-0.2, 0) is 29.0 Å². The smallest absolute Gasteiger partial charge is 0.308 e. The van der Waals surface area contributed by atoms with Crippen molar-refractivity contribution in [1.29, 1.82) is 0 Å². The standard InChI is InChI=1S/C17H26O2/c1-5-8-15-10-9-14(7-3)11-16(15)12-19-17(18)13(4)6-2/h9-11,13H,5-8,12H2,1-4H3. The zero-order valence-corrected chi connectivity index (χ0v) is 12.7. The molecule has 0 bridgehead atoms. The van der Waals surface area contributed by atoms with Gasteiger partial charge in [0.15, 0.2) is 0 Å². The van der Waals surface area contributed by atoms with E-state index >= 15 is 0 Å². The molecule has 19 heavy (non-hydrogen) atoms. The van der Waals surface area contributed by atoms with Gasteiger partial charge in [0.2, 0.25) is 0 Å². The number of esters is 1. The highest BCUT2D eigenvalue weighted by molar-refractivity contribution is 5.71. The van der Waals surface area contributed by atoms with Crippen LogP contribution in [0.5, 0.6) is 0 Å². The molecule has 0 heterocycles. The average molecular weight is 262 g/mol. The Labute approximate surface area is 117 Å². The van der Waals surface area contributed by atoms with Gasteiger partial charge in [-0.05, 0) is 36.0 Å². The van der Waals surface area contributed by atoms with Crippen molar-refractivity contribution < 1.29 is 9.53 Å². The summed E-state index contributed by atoms with van der Waals surface area (Å²) in [6.45, 7) is 8.64. The number of carbonyl (C=O) groups excluding carboxylic acids is 1. The number of ether oxygens (including phenoxy) is 1. The minimum absolute atomic E-state index is 0.0102. The van der Waals surface area contributed by atoms with Gasteiger partial charge >= 0.3 is 5.97 Å². The van der Waals surface area contributed by atoms with E-state index in [0.29, 0.717) is 6.61 Å². The number of carbonyl (C=O) groups is 1. The van der Waals surface area contributed by atoms with Crippen molar-refractivity contribution in [2.45, 2.75) is 60.0 Å². The number of hydrogen-bond donors (Lipinski definition) is 0. The van der Waals surface area contributed by atoms with Crippen LogP contribution in [0.1, 0.15) is 57.2 Å². The molecule has 2 nitrogen and oxygen atoms in total. The van der Waals surface area contributed by atoms with Gasteiger partial charge in [-0.2, -0.15) is 0 Å². The Kier molecular flexibility index (Phi) is 6.61. The van der Waals surface area contributed by atoms with Crippen molar-refractivity contribution >= 4 is 5.97 Å². The maximum absolute atomic E-state index is 11.7. The lowest BCUT2D eigenvalue weighted by Crippen LogP contribution is -2.14. The molecule has 0 amide bonds. The fraction of sp³-hybridized carbons (Fsp3) is 0.588. The van der Waals surface area contributed by atoms with Gasteiger partial charge in [0.1, 0.15) is 6.61 Å². The third-order valence-electron chi connectivity index (χ3n) is 3.58. The van der Waals surface area contributed by atoms with E-state index in [1.807, 2.05) is 13.8 Å². The maximum atomic E-state index is 11.7. The summed E-state index contributed by atoms with van der Waals surface area (Å²) in [4.78, 5) is 11.7. The lowest BCUT2D eigenvalue weighted by atomic mass is 10.00. The summed E-state index contributed by atoms with van der Waals surface area (Å²) < 4.78 is 5.43. The summed E-state index contributed by atoms with van der Waals surface area (Å²) in [5, 5.41) is 0. The molecule has 1 aromatic carbocycles. The number of benzene rings is 1. The third-order valence-corrected chi connectivity index (χ3v) is 3.58. The van der Waals surface area contributed by atoms with Crippen LogP contribution < -0.4 is 0 Å². The average Bonchev–Trinajstić information content (AvgIpc) is 2.45. The van der Waals surface area contributed by atoms with Crippen molar-refractivity contribution in [1.82, 2.24) is 0 Å². The summed E-state index contributed by atoms with van der Waals surface area (Å²) in [7, 11) is 0. The highest BCUT2D eigenvalue weighted by Gasteiger charge is 2.13. The van der Waals surface area contributed by atoms with Crippen molar-refractivity contribution in [3.05, 3.63) is 34.9 Å². The van der Waals surface area contributed by atoms with Gasteiger partial charge in [-0.1, -0.05) is 52.3 Å². The quantitative estimate of drug-likeness (QED) is 0.685. The third kappa shape index (κ3) is 4.70. The lowest BCUT2D eigenvalue weighted by molar-refractivity contribution is -0.149. The molecule has 0 saturated carbocycles. The van der Waals surface area contributed by atoms with Crippen molar-refractivity contribution in [3.63, 3.8) is 0 Å². The normalized spacial score (nSPS) is 12.2. The highest BCUT2D eigenvalue weighted by atomic mass is 16.5. The second-order valence-electron chi connectivity index (χ2n) is 5.12. The predicted molar refractivity (Wildman–Crippen MR) is 79.1 cm³/mol. The Morgan fingerprint density at radius 2 is 1.95 bits per heavy atom. The molecule has 0 aliphatic heterocycles. The number of aryl methyl sites for hydroxylation is 2. The molecule has 0 radical (unpaired) electrons. The first-order chi connectivity index (χ1) is 9.12. The summed E-state index contributed by atoms with van der Waals surface area (Å²) in [5.41, 5.74) is 3.77. The van der Waals surface area contributed by atoms with Gasteiger partial charge in [0, 0.05) is 0 Å². The number of hydrogen-bond acceptors (Lipinski definition) is 2. The Morgan fingerprint density at radius 1 is 1.21 bits per heavy atom. The van der Waals surface area contributed by atoms with E-state index in [4.69, 9.17) is 4.74 Å². The minimum Gasteiger partial charge on any atom is -0.461 e. The fourth-order valence-electron chi connectivity index (χ4n) is 2.00. The molecule has 0 fully saturated rings. The minimum atomic E-state index is -0.0909. The Bertz CT molecular complexity index is 410. The highest BCUT2D eigenvalue weighted by Crippen LogP contribution is 2.17. The maximum Gasteiger partial charge on any atom is 0.308 e. The molecule has 0 N–H and O–H groups in total. The first-order valence-electron chi connectivity index (χ1n) is 7.39. The van der Waals surface area contributed by atoms with Crippen LogP contribution in [-0.4, -0.2) is 5.97 Å². The molecule has 0 saturated heterocycles. The lowest BCUT2D eigenvalue weighted by Gasteiger charge is -2.13. The largest absolute Gasteiger partial charge is 0.461 e. The van der Waals surface area contributed by atoms with Crippen LogP contribution in [0.4, 0.5) is 0 Å². The van der Waals surface area contributed by atoms with Crippen LogP contribution in [0, 0.1) is 5.92 Å². The number of rotatable bonds is 7. The SMILES string of the molecule is CCCc1ccc(CC)cc1COC(=O)C(C)CC. The van der Waals surface area contributed by atoms with E-state index in [1.165, 1.54) is 11.1 Å². The van der Waals surface area contributed by atoms with Gasteiger partial charge < -0.3 is 4.74 Å². The predicted octanol–water partition coefficient (Wildman–Crippen LogP) is 4.29. The van der Waals surface area contributed by atoms with Crippen LogP contribution in [0.3, 0.4) is 0 Å². The summed E-state index contributed by atoms with van der Waals surface area (Å²) in [6.07, 6.45) is 3.99. The summed E-state index contributed by atoms with van der Waals surface area (Å²) in [6, 6.07) is 6.52. The van der Waals surface area contributed by atoms with E-state index in [9.17, 15) is 4.79 Å². The monoisotopic (exact) mass is 262 g/mol. The van der Waals surface area contributed by atoms with E-state index in [-0.39, 0.29) is 11.9 Å². The molecule has 2 heteroatoms. The van der Waals surface area contributed by atoms with Crippen molar-refractivity contribution in [2.24, 2.45) is 5.92 Å². The fourth-order valence-corrected chi connectivity index (χ4v) is 2.00. The molecule has 1 atom stereocenters. The van der Waals surface area contributed by atoms with Gasteiger partial charge in [0.25, 0.3) is 0 Å². The van der Waals surface area contributed by atoms with E-state index in [0.717, 1.165) is 31.2 Å². The molecular weight excluding hydrogens is 236 g/mol. The molecule has 1 unspecified atom stereocenters. The molecular formula is C17H26O2. The molecule has 1 aromatic rings. The Morgan fingerprint density at radius 3 is 2.53 bits per heavy atom. The van der Waals surface area contributed by atoms with Crippen LogP contribution in [0.2, 0.25) is 0 Å². The van der Waals surface area contributed by atoms with Crippen molar-refractivity contribution in [2.75, 3.05) is 0 Å². The van der Waals surface area contributed by atoms with Gasteiger partial charge in [0.05, 0.1) is 5.92 Å². The van der Waals surface area contributed by atoms with Gasteiger partial charge in [-0.25, -0.2) is 0 Å². The van der Waals surface area contributed by atoms with Crippen LogP contribution >= 0.6 is 0 Å². The van der Waals surface area contributed by atoms with E-state index in [1.54, 1.807) is 0 Å². The Hall–Kier alpha value is -1.31. The molecule has 0 aliphatic rings. The summed E-state index contributed by atoms with van der Waals surface area (Å²) in [5.74, 6) is -0.101. The van der Waals surface area contributed by atoms with E-state index in [2.05, 4.69) is 32.0 Å². The van der Waals surface area contributed by atoms with Crippen molar-refractivity contribution in [3.8, 4) is 0 Å². The summed E-state index contributed by atoms with van der Waals surface area (Å²) >= 11 is 0. The molecule has 0 aliphatic carbocycles. The molecule has 0 spiro atoms. The molecule has 0 aromatic heterocycles. The van der Waals surface area contributed by atoms with E-state index < -0.39 is 0 Å². The Balaban J connectivity index is 2.76. The molecule has 106 valence electrons.